The van der Waals surface area contributed by atoms with E-state index in [0.29, 0.717) is 5.25 Å². The third-order valence-corrected chi connectivity index (χ3v) is 3.55. The number of hydrogen-bond acceptors (Lipinski definition) is 2. The van der Waals surface area contributed by atoms with Crippen LogP contribution in [0, 0.1) is 0 Å². The largest absolute Gasteiger partial charge is 0.330 e. The summed E-state index contributed by atoms with van der Waals surface area (Å²) < 4.78 is 0. The van der Waals surface area contributed by atoms with Crippen LogP contribution >= 0.6 is 11.8 Å². The van der Waals surface area contributed by atoms with E-state index in [0.717, 1.165) is 13.0 Å². The van der Waals surface area contributed by atoms with Gasteiger partial charge < -0.3 is 5.73 Å². The highest BCUT2D eigenvalue weighted by atomic mass is 32.2. The average Bonchev–Trinajstić information content (AvgIpc) is 2.21. The molecule has 0 aliphatic carbocycles. The monoisotopic (exact) mass is 209 g/mol. The van der Waals surface area contributed by atoms with E-state index in [1.165, 1.54) is 16.9 Å². The van der Waals surface area contributed by atoms with Gasteiger partial charge in [0.2, 0.25) is 0 Å². The molecule has 2 heteroatoms. The summed E-state index contributed by atoms with van der Waals surface area (Å²) in [5.74, 6) is 0. The Bertz CT molecular complexity index is 256. The first kappa shape index (κ1) is 11.6. The van der Waals surface area contributed by atoms with Crippen LogP contribution in [0.15, 0.2) is 29.2 Å². The van der Waals surface area contributed by atoms with E-state index >= 15 is 0 Å². The fourth-order valence-electron chi connectivity index (χ4n) is 1.22. The highest BCUT2D eigenvalue weighted by Crippen LogP contribution is 2.24. The second-order valence-electron chi connectivity index (χ2n) is 3.52. The Labute approximate surface area is 91.1 Å². The number of thioether (sulfide) groups is 1. The number of hydrogen-bond donors (Lipinski definition) is 1. The first-order valence-corrected chi connectivity index (χ1v) is 6.10. The Morgan fingerprint density at radius 1 is 1.29 bits per heavy atom. The van der Waals surface area contributed by atoms with Gasteiger partial charge in [0.25, 0.3) is 0 Å². The van der Waals surface area contributed by atoms with E-state index < -0.39 is 0 Å². The van der Waals surface area contributed by atoms with Crippen LogP contribution in [0.3, 0.4) is 0 Å². The summed E-state index contributed by atoms with van der Waals surface area (Å²) in [6.07, 6.45) is 2.20. The molecule has 1 nitrogen and oxygen atoms in total. The lowest BCUT2D eigenvalue weighted by atomic mass is 10.2. The number of benzene rings is 1. The lowest BCUT2D eigenvalue weighted by molar-refractivity contribution is 0.905. The summed E-state index contributed by atoms with van der Waals surface area (Å²) in [5.41, 5.74) is 6.83. The molecule has 1 atom stereocenters. The van der Waals surface area contributed by atoms with Crippen LogP contribution in [-0.2, 0) is 6.42 Å². The molecule has 0 saturated carbocycles. The van der Waals surface area contributed by atoms with Gasteiger partial charge in [0.05, 0.1) is 0 Å². The molecule has 1 unspecified atom stereocenters. The van der Waals surface area contributed by atoms with Crippen molar-refractivity contribution in [3.05, 3.63) is 29.8 Å². The summed E-state index contributed by atoms with van der Waals surface area (Å²) in [5, 5.41) is 0.704. The molecule has 0 radical (unpaired) electrons. The van der Waals surface area contributed by atoms with E-state index in [9.17, 15) is 0 Å². The average molecular weight is 209 g/mol. The lowest BCUT2D eigenvalue weighted by Crippen LogP contribution is -2.02. The van der Waals surface area contributed by atoms with Gasteiger partial charge in [-0.3, -0.25) is 0 Å². The highest BCUT2D eigenvalue weighted by Gasteiger charge is 2.01. The molecule has 2 N–H and O–H groups in total. The van der Waals surface area contributed by atoms with Gasteiger partial charge in [0.1, 0.15) is 0 Å². The SMILES string of the molecule is CCC(C)Sc1ccc(CCN)cc1. The van der Waals surface area contributed by atoms with Crippen molar-refractivity contribution < 1.29 is 0 Å². The molecule has 0 heterocycles. The van der Waals surface area contributed by atoms with E-state index in [4.69, 9.17) is 5.73 Å². The van der Waals surface area contributed by atoms with Gasteiger partial charge >= 0.3 is 0 Å². The van der Waals surface area contributed by atoms with E-state index in [1.54, 1.807) is 0 Å². The van der Waals surface area contributed by atoms with E-state index in [-0.39, 0.29) is 0 Å². The molecule has 0 aliphatic rings. The normalized spacial score (nSPS) is 12.8. The third-order valence-electron chi connectivity index (χ3n) is 2.27. The molecule has 0 aliphatic heterocycles. The Morgan fingerprint density at radius 3 is 2.43 bits per heavy atom. The molecule has 14 heavy (non-hydrogen) atoms. The van der Waals surface area contributed by atoms with E-state index in [1.807, 2.05) is 11.8 Å². The van der Waals surface area contributed by atoms with Crippen molar-refractivity contribution in [3.8, 4) is 0 Å². The lowest BCUT2D eigenvalue weighted by Gasteiger charge is -2.08. The predicted octanol–water partition coefficient (Wildman–Crippen LogP) is 3.08. The summed E-state index contributed by atoms with van der Waals surface area (Å²) in [7, 11) is 0. The topological polar surface area (TPSA) is 26.0 Å². The standard InChI is InChI=1S/C12H19NS/c1-3-10(2)14-12-6-4-11(5-7-12)8-9-13/h4-7,10H,3,8-9,13H2,1-2H3. The number of rotatable bonds is 5. The van der Waals surface area contributed by atoms with Gasteiger partial charge in [-0.15, -0.1) is 11.8 Å². The molecule has 0 bridgehead atoms. The summed E-state index contributed by atoms with van der Waals surface area (Å²) >= 11 is 1.94. The fraction of sp³-hybridized carbons (Fsp3) is 0.500. The fourth-order valence-corrected chi connectivity index (χ4v) is 2.14. The molecule has 0 fully saturated rings. The van der Waals surface area contributed by atoms with Crippen LogP contribution in [0.1, 0.15) is 25.8 Å². The zero-order chi connectivity index (χ0) is 10.4. The molecule has 0 spiro atoms. The Morgan fingerprint density at radius 2 is 1.93 bits per heavy atom. The third kappa shape index (κ3) is 3.72. The number of nitrogens with two attached hydrogens (primary N) is 1. The molecule has 0 saturated heterocycles. The zero-order valence-electron chi connectivity index (χ0n) is 8.99. The maximum absolute atomic E-state index is 5.50. The first-order chi connectivity index (χ1) is 6.76. The van der Waals surface area contributed by atoms with Gasteiger partial charge in [-0.1, -0.05) is 26.0 Å². The Hall–Kier alpha value is -0.470. The Balaban J connectivity index is 2.54. The first-order valence-electron chi connectivity index (χ1n) is 5.22. The molecule has 0 amide bonds. The second kappa shape index (κ2) is 6.10. The van der Waals surface area contributed by atoms with Crippen molar-refractivity contribution >= 4 is 11.8 Å². The molecular formula is C12H19NS. The molecule has 1 rings (SSSR count). The van der Waals surface area contributed by atoms with Crippen LogP contribution in [0.25, 0.3) is 0 Å². The van der Waals surface area contributed by atoms with Crippen LogP contribution < -0.4 is 5.73 Å². The second-order valence-corrected chi connectivity index (χ2v) is 5.03. The Kier molecular flexibility index (Phi) is 5.05. The van der Waals surface area contributed by atoms with Crippen molar-refractivity contribution in [1.82, 2.24) is 0 Å². The van der Waals surface area contributed by atoms with E-state index in [2.05, 4.69) is 38.1 Å². The van der Waals surface area contributed by atoms with Crippen molar-refractivity contribution in [1.29, 1.82) is 0 Å². The molecule has 78 valence electrons. The van der Waals surface area contributed by atoms with Gasteiger partial charge in [-0.05, 0) is 37.1 Å². The maximum atomic E-state index is 5.50. The molecular weight excluding hydrogens is 190 g/mol. The van der Waals surface area contributed by atoms with Crippen LogP contribution in [-0.4, -0.2) is 11.8 Å². The zero-order valence-corrected chi connectivity index (χ0v) is 9.81. The van der Waals surface area contributed by atoms with Crippen molar-refractivity contribution in [2.75, 3.05) is 6.54 Å². The van der Waals surface area contributed by atoms with Crippen molar-refractivity contribution in [3.63, 3.8) is 0 Å². The maximum Gasteiger partial charge on any atom is 0.00748 e. The minimum atomic E-state index is 0.704. The van der Waals surface area contributed by atoms with Gasteiger partial charge in [0.15, 0.2) is 0 Å². The van der Waals surface area contributed by atoms with Crippen molar-refractivity contribution in [2.24, 2.45) is 5.73 Å². The predicted molar refractivity (Wildman–Crippen MR) is 64.8 cm³/mol. The van der Waals surface area contributed by atoms with Gasteiger partial charge in [-0.25, -0.2) is 0 Å². The van der Waals surface area contributed by atoms with Gasteiger partial charge in [-0.2, -0.15) is 0 Å². The van der Waals surface area contributed by atoms with Crippen LogP contribution in [0.2, 0.25) is 0 Å². The highest BCUT2D eigenvalue weighted by molar-refractivity contribution is 7.99. The summed E-state index contributed by atoms with van der Waals surface area (Å²) in [6, 6.07) is 8.75. The minimum absolute atomic E-state index is 0.704. The van der Waals surface area contributed by atoms with Crippen molar-refractivity contribution in [2.45, 2.75) is 36.8 Å². The van der Waals surface area contributed by atoms with Crippen LogP contribution in [0.5, 0.6) is 0 Å². The summed E-state index contributed by atoms with van der Waals surface area (Å²) in [6.45, 7) is 5.22. The summed E-state index contributed by atoms with van der Waals surface area (Å²) in [4.78, 5) is 1.36. The van der Waals surface area contributed by atoms with Crippen LogP contribution in [0.4, 0.5) is 0 Å². The smallest absolute Gasteiger partial charge is 0.00748 e. The molecule has 1 aromatic rings. The quantitative estimate of drug-likeness (QED) is 0.754. The van der Waals surface area contributed by atoms with Gasteiger partial charge in [0, 0.05) is 10.1 Å². The minimum Gasteiger partial charge on any atom is -0.330 e. The molecule has 1 aromatic carbocycles. The molecule has 0 aromatic heterocycles.